The van der Waals surface area contributed by atoms with Crippen molar-refractivity contribution < 1.29 is 5.11 Å². The summed E-state index contributed by atoms with van der Waals surface area (Å²) in [6, 6.07) is 0. The van der Waals surface area contributed by atoms with Crippen LogP contribution in [0, 0.1) is 0 Å². The lowest BCUT2D eigenvalue weighted by molar-refractivity contribution is 0.279. The van der Waals surface area contributed by atoms with E-state index in [9.17, 15) is 9.59 Å². The Morgan fingerprint density at radius 2 is 2.17 bits per heavy atom. The largest absolute Gasteiger partial charge is 0.391 e. The maximum atomic E-state index is 11.1. The molecule has 66 valence electrons. The number of nitrogens with two attached hydrogens (primary N) is 1. The van der Waals surface area contributed by atoms with E-state index in [0.29, 0.717) is 0 Å². The fraction of sp³-hybridized carbons (Fsp3) is 0.333. The molecule has 6 nitrogen and oxygen atoms in total. The van der Waals surface area contributed by atoms with Crippen LogP contribution >= 0.6 is 0 Å². The van der Waals surface area contributed by atoms with Gasteiger partial charge in [-0.2, -0.15) is 0 Å². The molecule has 0 aromatic carbocycles. The Morgan fingerprint density at radius 1 is 1.58 bits per heavy atom. The van der Waals surface area contributed by atoms with E-state index < -0.39 is 17.9 Å². The first-order valence-electron chi connectivity index (χ1n) is 3.26. The Morgan fingerprint density at radius 3 is 2.67 bits per heavy atom. The number of nitrogen functional groups attached to an aromatic ring is 1. The third-order valence-corrected chi connectivity index (χ3v) is 1.59. The van der Waals surface area contributed by atoms with E-state index in [1.165, 1.54) is 7.05 Å². The minimum atomic E-state index is -0.588. The van der Waals surface area contributed by atoms with Gasteiger partial charge in [-0.05, 0) is 0 Å². The van der Waals surface area contributed by atoms with E-state index in [-0.39, 0.29) is 11.4 Å². The molecule has 0 atom stereocenters. The van der Waals surface area contributed by atoms with Gasteiger partial charge in [0, 0.05) is 7.05 Å². The Balaban J connectivity index is 3.63. The number of H-pyrrole nitrogens is 1. The van der Waals surface area contributed by atoms with E-state index in [2.05, 4.69) is 4.98 Å². The third-order valence-electron chi connectivity index (χ3n) is 1.59. The van der Waals surface area contributed by atoms with Crippen LogP contribution in [-0.2, 0) is 13.7 Å². The molecule has 0 aliphatic heterocycles. The van der Waals surface area contributed by atoms with E-state index in [0.717, 1.165) is 4.57 Å². The van der Waals surface area contributed by atoms with Crippen LogP contribution in [-0.4, -0.2) is 14.7 Å². The third kappa shape index (κ3) is 1.12. The van der Waals surface area contributed by atoms with Crippen LogP contribution in [0.4, 0.5) is 5.82 Å². The van der Waals surface area contributed by atoms with Gasteiger partial charge in [0.15, 0.2) is 0 Å². The normalized spacial score (nSPS) is 10.2. The lowest BCUT2D eigenvalue weighted by Crippen LogP contribution is -2.36. The zero-order chi connectivity index (χ0) is 9.30. The first-order chi connectivity index (χ1) is 5.57. The molecule has 6 heteroatoms. The van der Waals surface area contributed by atoms with Crippen molar-refractivity contribution in [2.45, 2.75) is 6.61 Å². The molecule has 1 aromatic heterocycles. The van der Waals surface area contributed by atoms with Crippen molar-refractivity contribution in [1.82, 2.24) is 9.55 Å². The lowest BCUT2D eigenvalue weighted by atomic mass is 10.3. The van der Waals surface area contributed by atoms with Gasteiger partial charge in [0.05, 0.1) is 12.2 Å². The van der Waals surface area contributed by atoms with E-state index in [1.54, 1.807) is 0 Å². The summed E-state index contributed by atoms with van der Waals surface area (Å²) in [5.41, 5.74) is 4.13. The second-order valence-corrected chi connectivity index (χ2v) is 2.34. The van der Waals surface area contributed by atoms with Crippen molar-refractivity contribution >= 4 is 5.82 Å². The van der Waals surface area contributed by atoms with Crippen LogP contribution < -0.4 is 17.0 Å². The smallest absolute Gasteiger partial charge is 0.329 e. The molecule has 0 radical (unpaired) electrons. The molecular formula is C6H9N3O3. The monoisotopic (exact) mass is 171 g/mol. The average Bonchev–Trinajstić information content (AvgIpc) is 2.01. The van der Waals surface area contributed by atoms with Crippen LogP contribution in [0.3, 0.4) is 0 Å². The van der Waals surface area contributed by atoms with E-state index >= 15 is 0 Å². The number of aliphatic hydroxyl groups excluding tert-OH is 1. The molecule has 12 heavy (non-hydrogen) atoms. The van der Waals surface area contributed by atoms with Gasteiger partial charge in [-0.25, -0.2) is 4.79 Å². The predicted octanol–water partition coefficient (Wildman–Crippen LogP) is -1.85. The average molecular weight is 171 g/mol. The van der Waals surface area contributed by atoms with Gasteiger partial charge in [0.2, 0.25) is 0 Å². The van der Waals surface area contributed by atoms with E-state index in [4.69, 9.17) is 10.8 Å². The Bertz CT molecular complexity index is 403. The van der Waals surface area contributed by atoms with Gasteiger partial charge >= 0.3 is 5.69 Å². The molecule has 0 saturated carbocycles. The minimum Gasteiger partial charge on any atom is -0.391 e. The van der Waals surface area contributed by atoms with Gasteiger partial charge in [-0.15, -0.1) is 0 Å². The number of aromatic nitrogens is 2. The number of nitrogens with zero attached hydrogens (tertiary/aromatic N) is 1. The summed E-state index contributed by atoms with van der Waals surface area (Å²) in [5.74, 6) is -0.0781. The molecule has 0 aliphatic carbocycles. The minimum absolute atomic E-state index is 0.0112. The second-order valence-electron chi connectivity index (χ2n) is 2.34. The highest BCUT2D eigenvalue weighted by molar-refractivity contribution is 5.35. The van der Waals surface area contributed by atoms with Gasteiger partial charge < -0.3 is 10.8 Å². The molecule has 0 unspecified atom stereocenters. The quantitative estimate of drug-likeness (QED) is 0.461. The van der Waals surface area contributed by atoms with Crippen molar-refractivity contribution in [2.75, 3.05) is 5.73 Å². The number of hydrogen-bond donors (Lipinski definition) is 3. The summed E-state index contributed by atoms with van der Waals surface area (Å²) in [7, 11) is 1.31. The topological polar surface area (TPSA) is 101 Å². The molecular weight excluding hydrogens is 162 g/mol. The van der Waals surface area contributed by atoms with Crippen molar-refractivity contribution in [3.63, 3.8) is 0 Å². The molecule has 0 fully saturated rings. The van der Waals surface area contributed by atoms with Crippen LogP contribution in [0.5, 0.6) is 0 Å². The predicted molar refractivity (Wildman–Crippen MR) is 42.6 cm³/mol. The van der Waals surface area contributed by atoms with Crippen LogP contribution in [0.25, 0.3) is 0 Å². The highest BCUT2D eigenvalue weighted by Crippen LogP contribution is 1.96. The zero-order valence-corrected chi connectivity index (χ0v) is 6.50. The lowest BCUT2D eigenvalue weighted by Gasteiger charge is -2.02. The van der Waals surface area contributed by atoms with Gasteiger partial charge in [-0.1, -0.05) is 0 Å². The van der Waals surface area contributed by atoms with Crippen molar-refractivity contribution in [3.05, 3.63) is 26.4 Å². The summed E-state index contributed by atoms with van der Waals surface area (Å²) < 4.78 is 0.849. The van der Waals surface area contributed by atoms with Crippen molar-refractivity contribution in [1.29, 1.82) is 0 Å². The first-order valence-corrected chi connectivity index (χ1v) is 3.26. The van der Waals surface area contributed by atoms with Gasteiger partial charge in [0.25, 0.3) is 5.56 Å². The number of anilines is 1. The fourth-order valence-corrected chi connectivity index (χ4v) is 0.837. The van der Waals surface area contributed by atoms with Crippen molar-refractivity contribution in [3.8, 4) is 0 Å². The number of rotatable bonds is 1. The Kier molecular flexibility index (Phi) is 2.01. The maximum absolute atomic E-state index is 11.1. The number of aromatic amines is 1. The van der Waals surface area contributed by atoms with Gasteiger partial charge in [-0.3, -0.25) is 14.3 Å². The molecule has 0 bridgehead atoms. The van der Waals surface area contributed by atoms with Crippen LogP contribution in [0.1, 0.15) is 5.56 Å². The number of aliphatic hydroxyl groups is 1. The second kappa shape index (κ2) is 2.82. The highest BCUT2D eigenvalue weighted by Gasteiger charge is 2.07. The number of nitrogens with one attached hydrogen (secondary N) is 1. The molecule has 0 saturated heterocycles. The summed E-state index contributed by atoms with van der Waals surface area (Å²) >= 11 is 0. The molecule has 0 aliphatic rings. The molecule has 1 rings (SSSR count). The highest BCUT2D eigenvalue weighted by atomic mass is 16.3. The first kappa shape index (κ1) is 8.54. The molecule has 1 aromatic rings. The summed E-state index contributed by atoms with van der Waals surface area (Å²) in [6.07, 6.45) is 0. The van der Waals surface area contributed by atoms with Crippen LogP contribution in [0.15, 0.2) is 9.59 Å². The SMILES string of the molecule is Cn1c(=O)[nH]c(N)c(CO)c1=O. The molecule has 0 spiro atoms. The van der Waals surface area contributed by atoms with Gasteiger partial charge in [0.1, 0.15) is 5.82 Å². The molecule has 0 amide bonds. The maximum Gasteiger partial charge on any atom is 0.329 e. The Labute approximate surface area is 67.3 Å². The summed E-state index contributed by atoms with van der Waals surface area (Å²) in [5, 5.41) is 8.70. The molecule has 1 heterocycles. The summed E-state index contributed by atoms with van der Waals surface area (Å²) in [4.78, 5) is 24.2. The molecule has 4 N–H and O–H groups in total. The fourth-order valence-electron chi connectivity index (χ4n) is 0.837. The number of hydrogen-bond acceptors (Lipinski definition) is 4. The summed E-state index contributed by atoms with van der Waals surface area (Å²) in [6.45, 7) is -0.477. The van der Waals surface area contributed by atoms with Crippen molar-refractivity contribution in [2.24, 2.45) is 7.05 Å². The standard InChI is InChI=1S/C6H9N3O3/c1-9-5(11)3(2-10)4(7)8-6(9)12/h10H,2,7H2,1H3,(H,8,12). The van der Waals surface area contributed by atoms with E-state index in [1.807, 2.05) is 0 Å². The Hall–Kier alpha value is -1.56. The van der Waals surface area contributed by atoms with Crippen LogP contribution in [0.2, 0.25) is 0 Å². The zero-order valence-electron chi connectivity index (χ0n) is 6.50.